The first kappa shape index (κ1) is 13.9. The molecule has 0 radical (unpaired) electrons. The van der Waals surface area contributed by atoms with Gasteiger partial charge < -0.3 is 19.8 Å². The average molecular weight is 297 g/mol. The number of aromatic nitrogens is 2. The third kappa shape index (κ3) is 2.58. The fraction of sp³-hybridized carbons (Fsp3) is 0.125. The molecule has 0 unspecified atom stereocenters. The number of rotatable bonds is 4. The Morgan fingerprint density at radius 3 is 2.77 bits per heavy atom. The Morgan fingerprint density at radius 1 is 1.18 bits per heavy atom. The van der Waals surface area contributed by atoms with E-state index >= 15 is 0 Å². The number of hydrogen-bond donors (Lipinski definition) is 2. The predicted molar refractivity (Wildman–Crippen MR) is 83.7 cm³/mol. The number of aromatic amines is 1. The first-order valence-corrected chi connectivity index (χ1v) is 6.69. The van der Waals surface area contributed by atoms with E-state index in [-0.39, 0.29) is 0 Å². The number of methoxy groups -OCH3 is 2. The maximum absolute atomic E-state index is 11.8. The summed E-state index contributed by atoms with van der Waals surface area (Å²) < 4.78 is 9.96. The Balaban J connectivity index is 1.95. The number of hydrogen-bond acceptors (Lipinski definition) is 5. The van der Waals surface area contributed by atoms with Crippen molar-refractivity contribution in [3.63, 3.8) is 0 Å². The van der Waals surface area contributed by atoms with Crippen LogP contribution in [0.15, 0.2) is 42.5 Å². The van der Waals surface area contributed by atoms with E-state index in [9.17, 15) is 4.79 Å². The summed E-state index contributed by atoms with van der Waals surface area (Å²) in [7, 11) is 2.97. The van der Waals surface area contributed by atoms with E-state index in [2.05, 4.69) is 15.3 Å². The lowest BCUT2D eigenvalue weighted by molar-refractivity contribution is 0.0602. The molecule has 3 rings (SSSR count). The summed E-state index contributed by atoms with van der Waals surface area (Å²) in [6.45, 7) is 0. The zero-order chi connectivity index (χ0) is 15.5. The van der Waals surface area contributed by atoms with Crippen molar-refractivity contribution in [2.45, 2.75) is 0 Å². The molecule has 22 heavy (non-hydrogen) atoms. The van der Waals surface area contributed by atoms with Crippen molar-refractivity contribution < 1.29 is 14.3 Å². The van der Waals surface area contributed by atoms with Gasteiger partial charge in [-0.2, -0.15) is 0 Å². The fourth-order valence-electron chi connectivity index (χ4n) is 2.18. The SMILES string of the molecule is COC(=O)c1ccccc1Nc1nc2ccc(OC)cc2[nH]1. The number of anilines is 2. The molecule has 1 aromatic heterocycles. The van der Waals surface area contributed by atoms with Crippen LogP contribution in [0.5, 0.6) is 5.75 Å². The predicted octanol–water partition coefficient (Wildman–Crippen LogP) is 3.10. The number of carbonyl (C=O) groups excluding carboxylic acids is 1. The highest BCUT2D eigenvalue weighted by Crippen LogP contribution is 2.24. The number of H-pyrrole nitrogens is 1. The van der Waals surface area contributed by atoms with Crippen molar-refractivity contribution in [3.05, 3.63) is 48.0 Å². The van der Waals surface area contributed by atoms with Crippen molar-refractivity contribution in [2.75, 3.05) is 19.5 Å². The number of ether oxygens (including phenoxy) is 2. The van der Waals surface area contributed by atoms with Crippen molar-refractivity contribution in [3.8, 4) is 5.75 Å². The van der Waals surface area contributed by atoms with Gasteiger partial charge in [0.15, 0.2) is 0 Å². The van der Waals surface area contributed by atoms with Crippen molar-refractivity contribution >= 4 is 28.6 Å². The Bertz CT molecular complexity index is 826. The van der Waals surface area contributed by atoms with Gasteiger partial charge in [-0.25, -0.2) is 9.78 Å². The molecule has 6 heteroatoms. The summed E-state index contributed by atoms with van der Waals surface area (Å²) in [6.07, 6.45) is 0. The van der Waals surface area contributed by atoms with E-state index in [1.807, 2.05) is 24.3 Å². The molecule has 6 nitrogen and oxygen atoms in total. The number of esters is 1. The molecule has 0 atom stereocenters. The van der Waals surface area contributed by atoms with E-state index in [1.165, 1.54) is 7.11 Å². The highest BCUT2D eigenvalue weighted by molar-refractivity contribution is 5.96. The summed E-state index contributed by atoms with van der Waals surface area (Å²) >= 11 is 0. The molecule has 0 saturated heterocycles. The third-order valence-corrected chi connectivity index (χ3v) is 3.27. The topological polar surface area (TPSA) is 76.2 Å². The molecule has 0 saturated carbocycles. The van der Waals surface area contributed by atoms with Crippen molar-refractivity contribution in [1.82, 2.24) is 9.97 Å². The van der Waals surface area contributed by atoms with Crippen LogP contribution >= 0.6 is 0 Å². The van der Waals surface area contributed by atoms with E-state index in [0.717, 1.165) is 16.8 Å². The van der Waals surface area contributed by atoms with Gasteiger partial charge in [-0.05, 0) is 24.3 Å². The van der Waals surface area contributed by atoms with Crippen LogP contribution < -0.4 is 10.1 Å². The van der Waals surface area contributed by atoms with E-state index in [4.69, 9.17) is 9.47 Å². The van der Waals surface area contributed by atoms with Crippen LogP contribution in [-0.2, 0) is 4.74 Å². The minimum Gasteiger partial charge on any atom is -0.497 e. The van der Waals surface area contributed by atoms with E-state index < -0.39 is 5.97 Å². The molecule has 112 valence electrons. The van der Waals surface area contributed by atoms with Crippen LogP contribution in [0.1, 0.15) is 10.4 Å². The molecular weight excluding hydrogens is 282 g/mol. The second-order valence-corrected chi connectivity index (χ2v) is 4.63. The van der Waals surface area contributed by atoms with E-state index in [0.29, 0.717) is 17.2 Å². The molecule has 3 aromatic rings. The molecule has 0 fully saturated rings. The smallest absolute Gasteiger partial charge is 0.339 e. The van der Waals surface area contributed by atoms with Crippen LogP contribution in [0, 0.1) is 0 Å². The monoisotopic (exact) mass is 297 g/mol. The lowest BCUT2D eigenvalue weighted by atomic mass is 10.2. The lowest BCUT2D eigenvalue weighted by Crippen LogP contribution is -2.05. The summed E-state index contributed by atoms with van der Waals surface area (Å²) in [5.41, 5.74) is 2.72. The molecule has 0 aliphatic heterocycles. The number of nitrogens with one attached hydrogen (secondary N) is 2. The Kier molecular flexibility index (Phi) is 3.65. The molecule has 0 spiro atoms. The number of imidazole rings is 1. The molecule has 1 heterocycles. The number of benzene rings is 2. The highest BCUT2D eigenvalue weighted by atomic mass is 16.5. The summed E-state index contributed by atoms with van der Waals surface area (Å²) in [6, 6.07) is 12.7. The number of nitrogens with zero attached hydrogens (tertiary/aromatic N) is 1. The second-order valence-electron chi connectivity index (χ2n) is 4.63. The molecule has 0 amide bonds. The Hall–Kier alpha value is -3.02. The van der Waals surface area contributed by atoms with Gasteiger partial charge in [0.05, 0.1) is 36.5 Å². The molecular formula is C16H15N3O3. The minimum absolute atomic E-state index is 0.402. The maximum Gasteiger partial charge on any atom is 0.339 e. The third-order valence-electron chi connectivity index (χ3n) is 3.27. The van der Waals surface area contributed by atoms with Gasteiger partial charge in [-0.3, -0.25) is 0 Å². The maximum atomic E-state index is 11.8. The first-order chi connectivity index (χ1) is 10.7. The van der Waals surface area contributed by atoms with Gasteiger partial charge in [0.25, 0.3) is 0 Å². The Morgan fingerprint density at radius 2 is 2.00 bits per heavy atom. The van der Waals surface area contributed by atoms with Crippen LogP contribution in [-0.4, -0.2) is 30.2 Å². The van der Waals surface area contributed by atoms with Gasteiger partial charge in [0.1, 0.15) is 5.75 Å². The standard InChI is InChI=1S/C16H15N3O3/c1-21-10-7-8-13-14(9-10)19-16(18-13)17-12-6-4-3-5-11(12)15(20)22-2/h3-9H,1-2H3,(H2,17,18,19). The highest BCUT2D eigenvalue weighted by Gasteiger charge is 2.12. The van der Waals surface area contributed by atoms with Gasteiger partial charge in [-0.15, -0.1) is 0 Å². The normalized spacial score (nSPS) is 10.5. The summed E-state index contributed by atoms with van der Waals surface area (Å²) in [5.74, 6) is 0.887. The molecule has 0 aliphatic rings. The minimum atomic E-state index is -0.402. The van der Waals surface area contributed by atoms with Crippen molar-refractivity contribution in [2.24, 2.45) is 0 Å². The summed E-state index contributed by atoms with van der Waals surface area (Å²) in [5, 5.41) is 3.11. The zero-order valence-electron chi connectivity index (χ0n) is 12.2. The van der Waals surface area contributed by atoms with Gasteiger partial charge in [-0.1, -0.05) is 12.1 Å². The molecule has 0 aliphatic carbocycles. The van der Waals surface area contributed by atoms with Gasteiger partial charge in [0.2, 0.25) is 5.95 Å². The average Bonchev–Trinajstić information content (AvgIpc) is 2.95. The molecule has 0 bridgehead atoms. The second kappa shape index (κ2) is 5.77. The number of carbonyl (C=O) groups is 1. The van der Waals surface area contributed by atoms with Crippen LogP contribution in [0.25, 0.3) is 11.0 Å². The quantitative estimate of drug-likeness (QED) is 0.724. The lowest BCUT2D eigenvalue weighted by Gasteiger charge is -2.07. The zero-order valence-corrected chi connectivity index (χ0v) is 12.2. The van der Waals surface area contributed by atoms with Gasteiger partial charge >= 0.3 is 5.97 Å². The number of fused-ring (bicyclic) bond motifs is 1. The fourth-order valence-corrected chi connectivity index (χ4v) is 2.18. The van der Waals surface area contributed by atoms with Crippen LogP contribution in [0.2, 0.25) is 0 Å². The summed E-state index contributed by atoms with van der Waals surface area (Å²) in [4.78, 5) is 19.4. The number of para-hydroxylation sites is 1. The van der Waals surface area contributed by atoms with Crippen LogP contribution in [0.3, 0.4) is 0 Å². The Labute approximate surface area is 127 Å². The van der Waals surface area contributed by atoms with Crippen LogP contribution in [0.4, 0.5) is 11.6 Å². The first-order valence-electron chi connectivity index (χ1n) is 6.69. The largest absolute Gasteiger partial charge is 0.497 e. The molecule has 2 N–H and O–H groups in total. The van der Waals surface area contributed by atoms with E-state index in [1.54, 1.807) is 25.3 Å². The van der Waals surface area contributed by atoms with Gasteiger partial charge in [0, 0.05) is 6.07 Å². The molecule has 2 aromatic carbocycles. The van der Waals surface area contributed by atoms with Crippen molar-refractivity contribution in [1.29, 1.82) is 0 Å².